The molecule has 3 nitrogen and oxygen atoms in total. The van der Waals surface area contributed by atoms with Crippen LogP contribution in [0.2, 0.25) is 0 Å². The average molecular weight is 169 g/mol. The molecule has 3 heteroatoms. The number of hydrogen-bond donors (Lipinski definition) is 1. The monoisotopic (exact) mass is 169 g/mol. The van der Waals surface area contributed by atoms with Crippen molar-refractivity contribution in [2.24, 2.45) is 0 Å². The zero-order valence-electron chi connectivity index (χ0n) is 7.38. The number of rotatable bonds is 2. The molecule has 0 saturated heterocycles. The first-order chi connectivity index (χ1) is 5.83. The molecule has 68 valence electrons. The molecule has 0 heterocycles. The predicted molar refractivity (Wildman–Crippen MR) is 46.9 cm³/mol. The lowest BCUT2D eigenvalue weighted by Crippen LogP contribution is -2.35. The van der Waals surface area contributed by atoms with Gasteiger partial charge < -0.3 is 10.1 Å². The first kappa shape index (κ1) is 9.10. The molecule has 1 atom stereocenters. The Morgan fingerprint density at radius 1 is 1.67 bits per heavy atom. The van der Waals surface area contributed by atoms with E-state index in [4.69, 9.17) is 4.74 Å². The SMILES string of the molecule is CCOC(=O)N[C@H]1CC=CCC1. The van der Waals surface area contributed by atoms with Crippen molar-refractivity contribution < 1.29 is 9.53 Å². The van der Waals surface area contributed by atoms with Crippen molar-refractivity contribution in [3.8, 4) is 0 Å². The van der Waals surface area contributed by atoms with E-state index in [1.807, 2.05) is 0 Å². The molecule has 0 fully saturated rings. The number of amides is 1. The first-order valence-electron chi connectivity index (χ1n) is 4.41. The molecular weight excluding hydrogens is 154 g/mol. The highest BCUT2D eigenvalue weighted by atomic mass is 16.5. The fourth-order valence-corrected chi connectivity index (χ4v) is 1.26. The maximum absolute atomic E-state index is 11.0. The largest absolute Gasteiger partial charge is 0.450 e. The summed E-state index contributed by atoms with van der Waals surface area (Å²) in [6.45, 7) is 2.24. The summed E-state index contributed by atoms with van der Waals surface area (Å²) < 4.78 is 4.77. The normalized spacial score (nSPS) is 21.9. The Kier molecular flexibility index (Phi) is 3.64. The topological polar surface area (TPSA) is 38.3 Å². The second-order valence-corrected chi connectivity index (χ2v) is 2.85. The zero-order chi connectivity index (χ0) is 8.81. The van der Waals surface area contributed by atoms with E-state index in [1.165, 1.54) is 0 Å². The molecule has 0 bridgehead atoms. The Bertz CT molecular complexity index is 177. The number of allylic oxidation sites excluding steroid dienone is 1. The van der Waals surface area contributed by atoms with Crippen LogP contribution in [0.25, 0.3) is 0 Å². The highest BCUT2D eigenvalue weighted by molar-refractivity contribution is 5.67. The number of hydrogen-bond acceptors (Lipinski definition) is 2. The van der Waals surface area contributed by atoms with Crippen LogP contribution in [-0.2, 0) is 4.74 Å². The van der Waals surface area contributed by atoms with Gasteiger partial charge in [0, 0.05) is 6.04 Å². The van der Waals surface area contributed by atoms with Crippen molar-refractivity contribution in [1.29, 1.82) is 0 Å². The van der Waals surface area contributed by atoms with E-state index >= 15 is 0 Å². The molecule has 1 aliphatic rings. The third-order valence-corrected chi connectivity index (χ3v) is 1.87. The van der Waals surface area contributed by atoms with Gasteiger partial charge in [0.05, 0.1) is 6.61 Å². The van der Waals surface area contributed by atoms with Gasteiger partial charge in [0.2, 0.25) is 0 Å². The van der Waals surface area contributed by atoms with Crippen LogP contribution in [0.5, 0.6) is 0 Å². The third kappa shape index (κ3) is 2.95. The van der Waals surface area contributed by atoms with Gasteiger partial charge in [-0.1, -0.05) is 12.2 Å². The molecule has 1 rings (SSSR count). The molecule has 0 aromatic carbocycles. The predicted octanol–water partition coefficient (Wildman–Crippen LogP) is 1.84. The zero-order valence-corrected chi connectivity index (χ0v) is 7.38. The minimum absolute atomic E-state index is 0.272. The summed E-state index contributed by atoms with van der Waals surface area (Å²) >= 11 is 0. The minimum Gasteiger partial charge on any atom is -0.450 e. The van der Waals surface area contributed by atoms with E-state index in [2.05, 4.69) is 17.5 Å². The molecule has 0 spiro atoms. The van der Waals surface area contributed by atoms with Gasteiger partial charge in [-0.05, 0) is 26.2 Å². The van der Waals surface area contributed by atoms with Gasteiger partial charge in [0.15, 0.2) is 0 Å². The van der Waals surface area contributed by atoms with Crippen LogP contribution in [0.15, 0.2) is 12.2 Å². The van der Waals surface area contributed by atoms with Crippen molar-refractivity contribution in [3.63, 3.8) is 0 Å². The van der Waals surface area contributed by atoms with Crippen LogP contribution < -0.4 is 5.32 Å². The maximum atomic E-state index is 11.0. The lowest BCUT2D eigenvalue weighted by molar-refractivity contribution is 0.147. The van der Waals surface area contributed by atoms with Gasteiger partial charge in [-0.3, -0.25) is 0 Å². The smallest absolute Gasteiger partial charge is 0.407 e. The average Bonchev–Trinajstić information content (AvgIpc) is 2.06. The summed E-state index contributed by atoms with van der Waals surface area (Å²) in [5, 5.41) is 2.81. The highest BCUT2D eigenvalue weighted by Gasteiger charge is 2.12. The minimum atomic E-state index is -0.294. The van der Waals surface area contributed by atoms with E-state index in [0.29, 0.717) is 6.61 Å². The molecule has 0 aromatic heterocycles. The van der Waals surface area contributed by atoms with E-state index in [0.717, 1.165) is 19.3 Å². The summed E-state index contributed by atoms with van der Waals surface area (Å²) in [6, 6.07) is 0.272. The van der Waals surface area contributed by atoms with Crippen molar-refractivity contribution in [1.82, 2.24) is 5.32 Å². The van der Waals surface area contributed by atoms with Gasteiger partial charge in [-0.2, -0.15) is 0 Å². The molecule has 1 amide bonds. The highest BCUT2D eigenvalue weighted by Crippen LogP contribution is 2.10. The number of carbonyl (C=O) groups is 1. The third-order valence-electron chi connectivity index (χ3n) is 1.87. The Morgan fingerprint density at radius 3 is 3.08 bits per heavy atom. The summed E-state index contributed by atoms with van der Waals surface area (Å²) in [5.74, 6) is 0. The summed E-state index contributed by atoms with van der Waals surface area (Å²) in [7, 11) is 0. The van der Waals surface area contributed by atoms with Gasteiger partial charge in [-0.15, -0.1) is 0 Å². The van der Waals surface area contributed by atoms with Crippen LogP contribution in [-0.4, -0.2) is 18.7 Å². The molecule has 0 aliphatic heterocycles. The van der Waals surface area contributed by atoms with Crippen LogP contribution in [0, 0.1) is 0 Å². The number of nitrogens with one attached hydrogen (secondary N) is 1. The van der Waals surface area contributed by atoms with Gasteiger partial charge in [-0.25, -0.2) is 4.79 Å². The molecule has 0 unspecified atom stereocenters. The summed E-state index contributed by atoms with van der Waals surface area (Å²) in [4.78, 5) is 11.0. The second-order valence-electron chi connectivity index (χ2n) is 2.85. The summed E-state index contributed by atoms with van der Waals surface area (Å²) in [5.41, 5.74) is 0. The van der Waals surface area contributed by atoms with E-state index < -0.39 is 0 Å². The number of alkyl carbamates (subject to hydrolysis) is 1. The van der Waals surface area contributed by atoms with Crippen LogP contribution >= 0.6 is 0 Å². The standard InChI is InChI=1S/C9H15NO2/c1-2-12-9(11)10-8-6-4-3-5-7-8/h3-4,8H,2,5-7H2,1H3,(H,10,11)/t8-/m0/s1. The first-order valence-corrected chi connectivity index (χ1v) is 4.41. The van der Waals surface area contributed by atoms with E-state index in [-0.39, 0.29) is 12.1 Å². The Balaban J connectivity index is 2.21. The molecular formula is C9H15NO2. The summed E-state index contributed by atoms with van der Waals surface area (Å²) in [6.07, 6.45) is 6.95. The van der Waals surface area contributed by atoms with Crippen molar-refractivity contribution in [2.45, 2.75) is 32.2 Å². The molecule has 0 radical (unpaired) electrons. The van der Waals surface area contributed by atoms with Gasteiger partial charge >= 0.3 is 6.09 Å². The van der Waals surface area contributed by atoms with Crippen molar-refractivity contribution in [2.75, 3.05) is 6.61 Å². The van der Waals surface area contributed by atoms with E-state index in [9.17, 15) is 4.79 Å². The van der Waals surface area contributed by atoms with Crippen molar-refractivity contribution in [3.05, 3.63) is 12.2 Å². The molecule has 1 aliphatic carbocycles. The number of carbonyl (C=O) groups excluding carboxylic acids is 1. The molecule has 0 saturated carbocycles. The molecule has 1 N–H and O–H groups in total. The Hall–Kier alpha value is -0.990. The lowest BCUT2D eigenvalue weighted by Gasteiger charge is -2.18. The van der Waals surface area contributed by atoms with Crippen LogP contribution in [0.3, 0.4) is 0 Å². The van der Waals surface area contributed by atoms with Crippen LogP contribution in [0.4, 0.5) is 4.79 Å². The number of ether oxygens (including phenoxy) is 1. The Labute approximate surface area is 72.8 Å². The Morgan fingerprint density at radius 2 is 2.50 bits per heavy atom. The lowest BCUT2D eigenvalue weighted by atomic mass is 10.0. The van der Waals surface area contributed by atoms with Gasteiger partial charge in [0.1, 0.15) is 0 Å². The molecule has 12 heavy (non-hydrogen) atoms. The maximum Gasteiger partial charge on any atom is 0.407 e. The quantitative estimate of drug-likeness (QED) is 0.640. The van der Waals surface area contributed by atoms with E-state index in [1.54, 1.807) is 6.92 Å². The molecule has 0 aromatic rings. The fraction of sp³-hybridized carbons (Fsp3) is 0.667. The fourth-order valence-electron chi connectivity index (χ4n) is 1.26. The second kappa shape index (κ2) is 4.80. The van der Waals surface area contributed by atoms with Crippen LogP contribution in [0.1, 0.15) is 26.2 Å². The van der Waals surface area contributed by atoms with Gasteiger partial charge in [0.25, 0.3) is 0 Å². The van der Waals surface area contributed by atoms with Crippen molar-refractivity contribution >= 4 is 6.09 Å².